The first-order valence-corrected chi connectivity index (χ1v) is 11.9. The summed E-state index contributed by atoms with van der Waals surface area (Å²) in [6.45, 7) is 18.3. The lowest BCUT2D eigenvalue weighted by atomic mass is 9.50. The predicted molar refractivity (Wildman–Crippen MR) is 122 cm³/mol. The topological polar surface area (TPSA) is 82.1 Å². The van der Waals surface area contributed by atoms with Gasteiger partial charge in [0.25, 0.3) is 0 Å². The zero-order valence-corrected chi connectivity index (χ0v) is 20.7. The molecule has 0 aromatic rings. The highest BCUT2D eigenvalue weighted by atomic mass is 16.6. The summed E-state index contributed by atoms with van der Waals surface area (Å²) in [4.78, 5) is 24.4. The molecule has 0 heterocycles. The molecule has 0 radical (unpaired) electrons. The lowest BCUT2D eigenvalue weighted by molar-refractivity contribution is -0.183. The summed E-state index contributed by atoms with van der Waals surface area (Å²) in [5.74, 6) is -1.28. The molecule has 0 aromatic carbocycles. The molecule has 0 spiro atoms. The van der Waals surface area contributed by atoms with Crippen LogP contribution in [0.25, 0.3) is 0 Å². The molecule has 0 aromatic heterocycles. The van der Waals surface area contributed by atoms with E-state index in [9.17, 15) is 14.7 Å². The van der Waals surface area contributed by atoms with Crippen molar-refractivity contribution in [2.45, 2.75) is 98.6 Å². The Morgan fingerprint density at radius 1 is 1.16 bits per heavy atom. The fraction of sp³-hybridized carbons (Fsp3) is 0.769. The van der Waals surface area contributed by atoms with E-state index in [1.165, 1.54) is 25.0 Å². The molecule has 0 amide bonds. The second-order valence-corrected chi connectivity index (χ2v) is 10.8. The summed E-state index contributed by atoms with van der Waals surface area (Å²) in [6.07, 6.45) is 0.987. The SMILES string of the molecule is C=C1[C@@H](O)CC[C@@]2(C)C[C@H](OCC)C3=C(C)C[C@H](OC(C)=O)[C@@H]([C@@H](OC(C)=O)[C@H]12)C3(C)C. The van der Waals surface area contributed by atoms with Gasteiger partial charge in [-0.15, -0.1) is 0 Å². The fourth-order valence-electron chi connectivity index (χ4n) is 7.08. The van der Waals surface area contributed by atoms with Gasteiger partial charge in [0, 0.05) is 38.7 Å². The Labute approximate surface area is 192 Å². The summed E-state index contributed by atoms with van der Waals surface area (Å²) in [6, 6.07) is 0. The van der Waals surface area contributed by atoms with Crippen molar-refractivity contribution in [3.8, 4) is 0 Å². The molecule has 3 rings (SSSR count). The largest absolute Gasteiger partial charge is 0.462 e. The Bertz CT molecular complexity index is 811. The predicted octanol–water partition coefficient (Wildman–Crippen LogP) is 4.35. The first-order valence-electron chi connectivity index (χ1n) is 11.9. The number of carbonyl (C=O) groups is 2. The molecule has 3 aliphatic rings. The molecule has 6 nitrogen and oxygen atoms in total. The molecule has 32 heavy (non-hydrogen) atoms. The van der Waals surface area contributed by atoms with Gasteiger partial charge in [-0.05, 0) is 55.1 Å². The average molecular weight is 449 g/mol. The molecule has 2 saturated carbocycles. The smallest absolute Gasteiger partial charge is 0.302 e. The van der Waals surface area contributed by atoms with Gasteiger partial charge in [0.1, 0.15) is 12.2 Å². The third-order valence-electron chi connectivity index (χ3n) is 8.11. The lowest BCUT2D eigenvalue weighted by Crippen LogP contribution is -2.60. The number of ether oxygens (including phenoxy) is 3. The van der Waals surface area contributed by atoms with Crippen LogP contribution < -0.4 is 0 Å². The van der Waals surface area contributed by atoms with Crippen molar-refractivity contribution in [2.24, 2.45) is 22.7 Å². The van der Waals surface area contributed by atoms with E-state index >= 15 is 0 Å². The maximum absolute atomic E-state index is 12.4. The zero-order chi connectivity index (χ0) is 24.0. The minimum atomic E-state index is -0.647. The summed E-state index contributed by atoms with van der Waals surface area (Å²) in [5, 5.41) is 10.8. The number of aliphatic hydroxyl groups excluding tert-OH is 1. The Morgan fingerprint density at radius 2 is 1.78 bits per heavy atom. The van der Waals surface area contributed by atoms with Crippen molar-refractivity contribution in [2.75, 3.05) is 6.61 Å². The minimum absolute atomic E-state index is 0.0930. The van der Waals surface area contributed by atoms with Crippen LogP contribution in [0.2, 0.25) is 0 Å². The molecule has 2 fully saturated rings. The van der Waals surface area contributed by atoms with Crippen molar-refractivity contribution in [3.05, 3.63) is 23.3 Å². The fourth-order valence-corrected chi connectivity index (χ4v) is 7.08. The van der Waals surface area contributed by atoms with Crippen LogP contribution in [0.15, 0.2) is 23.3 Å². The number of carbonyl (C=O) groups excluding carboxylic acids is 2. The van der Waals surface area contributed by atoms with Gasteiger partial charge in [-0.25, -0.2) is 0 Å². The average Bonchev–Trinajstić information content (AvgIpc) is 2.62. The van der Waals surface area contributed by atoms with Crippen LogP contribution >= 0.6 is 0 Å². The van der Waals surface area contributed by atoms with Crippen LogP contribution in [0.4, 0.5) is 0 Å². The second-order valence-electron chi connectivity index (χ2n) is 10.8. The molecule has 0 unspecified atom stereocenters. The van der Waals surface area contributed by atoms with Crippen LogP contribution in [0.3, 0.4) is 0 Å². The van der Waals surface area contributed by atoms with E-state index in [0.29, 0.717) is 25.0 Å². The van der Waals surface area contributed by atoms with Gasteiger partial charge in [-0.3, -0.25) is 9.59 Å². The van der Waals surface area contributed by atoms with Crippen molar-refractivity contribution < 1.29 is 28.9 Å². The number of rotatable bonds is 4. The molecule has 7 atom stereocenters. The molecule has 3 aliphatic carbocycles. The van der Waals surface area contributed by atoms with E-state index < -0.39 is 23.7 Å². The van der Waals surface area contributed by atoms with E-state index in [-0.39, 0.29) is 35.3 Å². The van der Waals surface area contributed by atoms with E-state index in [2.05, 4.69) is 34.3 Å². The Morgan fingerprint density at radius 3 is 2.34 bits per heavy atom. The molecule has 2 bridgehead atoms. The van der Waals surface area contributed by atoms with E-state index in [4.69, 9.17) is 14.2 Å². The van der Waals surface area contributed by atoms with Gasteiger partial charge < -0.3 is 19.3 Å². The van der Waals surface area contributed by atoms with Crippen molar-refractivity contribution >= 4 is 11.9 Å². The van der Waals surface area contributed by atoms with Gasteiger partial charge in [-0.2, -0.15) is 0 Å². The summed E-state index contributed by atoms with van der Waals surface area (Å²) in [5.41, 5.74) is 2.36. The van der Waals surface area contributed by atoms with Crippen molar-refractivity contribution in [1.29, 1.82) is 0 Å². The van der Waals surface area contributed by atoms with Gasteiger partial charge in [0.15, 0.2) is 0 Å². The first-order chi connectivity index (χ1) is 14.8. The highest BCUT2D eigenvalue weighted by molar-refractivity contribution is 5.67. The third kappa shape index (κ3) is 4.28. The molecular formula is C26H40O6. The number of esters is 2. The van der Waals surface area contributed by atoms with Crippen molar-refractivity contribution in [3.63, 3.8) is 0 Å². The third-order valence-corrected chi connectivity index (χ3v) is 8.11. The van der Waals surface area contributed by atoms with Gasteiger partial charge in [-0.1, -0.05) is 32.9 Å². The maximum atomic E-state index is 12.4. The molecule has 1 N–H and O–H groups in total. The van der Waals surface area contributed by atoms with Gasteiger partial charge in [0.2, 0.25) is 0 Å². The molecule has 0 aliphatic heterocycles. The normalized spacial score (nSPS) is 38.9. The molecule has 0 saturated heterocycles. The van der Waals surface area contributed by atoms with Crippen LogP contribution in [0.1, 0.15) is 74.1 Å². The van der Waals surface area contributed by atoms with E-state index in [0.717, 1.165) is 12.8 Å². The second kappa shape index (κ2) is 8.94. The Hall–Kier alpha value is -1.66. The van der Waals surface area contributed by atoms with Crippen LogP contribution in [-0.4, -0.2) is 48.1 Å². The summed E-state index contributed by atoms with van der Waals surface area (Å²) >= 11 is 0. The quantitative estimate of drug-likeness (QED) is 0.508. The van der Waals surface area contributed by atoms with Crippen LogP contribution in [-0.2, 0) is 23.8 Å². The van der Waals surface area contributed by atoms with Crippen LogP contribution in [0, 0.1) is 22.7 Å². The standard InChI is InChI=1S/C26H40O6/c1-9-30-20-13-26(8)11-10-18(29)15(3)22(26)24(32-17(5)28)23-19(31-16(4)27)12-14(2)21(20)25(23,6)7/h18-20,22-24,29H,3,9-13H2,1-2,4-8H3/t18-,19-,20-,22-,23-,24-,26-/m0/s1. The first kappa shape index (κ1) is 25.0. The van der Waals surface area contributed by atoms with E-state index in [1.807, 2.05) is 6.92 Å². The highest BCUT2D eigenvalue weighted by Gasteiger charge is 2.60. The summed E-state index contributed by atoms with van der Waals surface area (Å²) in [7, 11) is 0. The van der Waals surface area contributed by atoms with Crippen molar-refractivity contribution in [1.82, 2.24) is 0 Å². The number of hydrogen-bond acceptors (Lipinski definition) is 6. The summed E-state index contributed by atoms with van der Waals surface area (Å²) < 4.78 is 18.3. The van der Waals surface area contributed by atoms with E-state index in [1.54, 1.807) is 0 Å². The molecule has 6 heteroatoms. The molecular weight excluding hydrogens is 408 g/mol. The Balaban J connectivity index is 2.28. The minimum Gasteiger partial charge on any atom is -0.462 e. The number of fused-ring (bicyclic) bond motifs is 3. The monoisotopic (exact) mass is 448 g/mol. The van der Waals surface area contributed by atoms with Gasteiger partial charge in [0.05, 0.1) is 12.2 Å². The van der Waals surface area contributed by atoms with Gasteiger partial charge >= 0.3 is 11.9 Å². The zero-order valence-electron chi connectivity index (χ0n) is 20.7. The lowest BCUT2D eigenvalue weighted by Gasteiger charge is -2.58. The maximum Gasteiger partial charge on any atom is 0.302 e. The van der Waals surface area contributed by atoms with Crippen LogP contribution in [0.5, 0.6) is 0 Å². The number of hydrogen-bond donors (Lipinski definition) is 1. The Kier molecular flexibility index (Phi) is 6.98. The highest BCUT2D eigenvalue weighted by Crippen LogP contribution is 2.60. The number of aliphatic hydroxyl groups is 1. The molecule has 180 valence electrons.